The SMILES string of the molecule is CCC[NH+]1CCC2(CC1)Oc1ccccc1[C@@H]1CC(c3ccc(OC)cc3OC)=NN12. The molecule has 1 saturated heterocycles. The molecule has 2 aromatic rings. The van der Waals surface area contributed by atoms with Gasteiger partial charge in [0.2, 0.25) is 5.72 Å². The van der Waals surface area contributed by atoms with E-state index in [4.69, 9.17) is 19.3 Å². The van der Waals surface area contributed by atoms with Gasteiger partial charge in [-0.2, -0.15) is 5.10 Å². The maximum Gasteiger partial charge on any atom is 0.208 e. The van der Waals surface area contributed by atoms with Gasteiger partial charge in [0.1, 0.15) is 17.2 Å². The fourth-order valence-corrected chi connectivity index (χ4v) is 5.36. The molecule has 0 amide bonds. The molecule has 0 unspecified atom stereocenters. The standard InChI is InChI=1S/C25H31N3O3/c1-4-13-27-14-11-25(12-15-27)28-22(20-7-5-6-8-23(20)31-25)17-21(26-28)19-10-9-18(29-2)16-24(19)30-3/h5-10,16,22H,4,11-15,17H2,1-3H3/p+1/t22-/m0/s1. The van der Waals surface area contributed by atoms with Crippen LogP contribution in [0, 0.1) is 0 Å². The van der Waals surface area contributed by atoms with Crippen LogP contribution in [0.15, 0.2) is 47.6 Å². The molecule has 6 nitrogen and oxygen atoms in total. The fraction of sp³-hybridized carbons (Fsp3) is 0.480. The molecule has 31 heavy (non-hydrogen) atoms. The molecule has 2 aromatic carbocycles. The van der Waals surface area contributed by atoms with Crippen molar-refractivity contribution in [2.75, 3.05) is 33.9 Å². The summed E-state index contributed by atoms with van der Waals surface area (Å²) in [4.78, 5) is 1.67. The van der Waals surface area contributed by atoms with Crippen molar-refractivity contribution in [1.82, 2.24) is 5.01 Å². The molecule has 1 spiro atoms. The van der Waals surface area contributed by atoms with Gasteiger partial charge in [0.15, 0.2) is 0 Å². The summed E-state index contributed by atoms with van der Waals surface area (Å²) < 4.78 is 17.8. The third-order valence-electron chi connectivity index (χ3n) is 6.97. The molecule has 164 valence electrons. The lowest BCUT2D eigenvalue weighted by atomic mass is 9.90. The zero-order valence-corrected chi connectivity index (χ0v) is 18.7. The van der Waals surface area contributed by atoms with E-state index in [1.165, 1.54) is 18.5 Å². The van der Waals surface area contributed by atoms with Crippen molar-refractivity contribution in [2.24, 2.45) is 5.10 Å². The van der Waals surface area contributed by atoms with Gasteiger partial charge >= 0.3 is 0 Å². The van der Waals surface area contributed by atoms with Crippen LogP contribution in [0.4, 0.5) is 0 Å². The Morgan fingerprint density at radius 2 is 1.94 bits per heavy atom. The summed E-state index contributed by atoms with van der Waals surface area (Å²) in [6.07, 6.45) is 4.04. The Kier molecular flexibility index (Phi) is 5.26. The van der Waals surface area contributed by atoms with Gasteiger partial charge in [-0.05, 0) is 24.6 Å². The lowest BCUT2D eigenvalue weighted by molar-refractivity contribution is -0.908. The third kappa shape index (κ3) is 3.43. The molecule has 0 aliphatic carbocycles. The maximum absolute atomic E-state index is 6.73. The lowest BCUT2D eigenvalue weighted by Crippen LogP contribution is -3.14. The number of methoxy groups -OCH3 is 2. The van der Waals surface area contributed by atoms with Crippen molar-refractivity contribution in [3.63, 3.8) is 0 Å². The normalized spacial score (nSPS) is 26.7. The number of likely N-dealkylation sites (tertiary alicyclic amines) is 1. The Bertz CT molecular complexity index is 982. The van der Waals surface area contributed by atoms with Gasteiger partial charge in [-0.1, -0.05) is 25.1 Å². The number of rotatable bonds is 5. The Hall–Kier alpha value is -2.73. The second-order valence-electron chi connectivity index (χ2n) is 8.76. The highest BCUT2D eigenvalue weighted by Gasteiger charge is 2.53. The molecule has 1 N–H and O–H groups in total. The first-order valence-electron chi connectivity index (χ1n) is 11.4. The van der Waals surface area contributed by atoms with Gasteiger partial charge in [-0.3, -0.25) is 0 Å². The number of fused-ring (bicyclic) bond motifs is 4. The maximum atomic E-state index is 6.73. The van der Waals surface area contributed by atoms with Crippen molar-refractivity contribution < 1.29 is 19.1 Å². The van der Waals surface area contributed by atoms with Crippen LogP contribution in [0.2, 0.25) is 0 Å². The highest BCUT2D eigenvalue weighted by atomic mass is 16.5. The van der Waals surface area contributed by atoms with Crippen molar-refractivity contribution in [3.05, 3.63) is 53.6 Å². The van der Waals surface area contributed by atoms with E-state index in [1.54, 1.807) is 19.1 Å². The third-order valence-corrected chi connectivity index (χ3v) is 6.97. The Labute approximate surface area is 184 Å². The van der Waals surface area contributed by atoms with Crippen molar-refractivity contribution >= 4 is 5.71 Å². The van der Waals surface area contributed by atoms with E-state index in [-0.39, 0.29) is 11.8 Å². The van der Waals surface area contributed by atoms with Crippen molar-refractivity contribution in [2.45, 2.75) is 44.4 Å². The molecule has 3 heterocycles. The van der Waals surface area contributed by atoms with Gasteiger partial charge in [0.05, 0.1) is 58.4 Å². The summed E-state index contributed by atoms with van der Waals surface area (Å²) >= 11 is 0. The van der Waals surface area contributed by atoms with Crippen LogP contribution in [0.5, 0.6) is 17.2 Å². The van der Waals surface area contributed by atoms with E-state index in [0.717, 1.165) is 60.9 Å². The van der Waals surface area contributed by atoms with E-state index >= 15 is 0 Å². The number of hydrogen-bond donors (Lipinski definition) is 1. The van der Waals surface area contributed by atoms with E-state index in [2.05, 4.69) is 42.3 Å². The van der Waals surface area contributed by atoms with E-state index < -0.39 is 0 Å². The minimum absolute atomic E-state index is 0.194. The molecule has 0 radical (unpaired) electrons. The van der Waals surface area contributed by atoms with Gasteiger partial charge in [-0.15, -0.1) is 0 Å². The Balaban J connectivity index is 1.53. The van der Waals surface area contributed by atoms with Crippen LogP contribution in [-0.2, 0) is 0 Å². The van der Waals surface area contributed by atoms with Gasteiger partial charge in [-0.25, -0.2) is 5.01 Å². The first-order chi connectivity index (χ1) is 15.2. The zero-order chi connectivity index (χ0) is 21.4. The highest BCUT2D eigenvalue weighted by molar-refractivity contribution is 6.04. The summed E-state index contributed by atoms with van der Waals surface area (Å²) in [5, 5.41) is 7.46. The predicted octanol–water partition coefficient (Wildman–Crippen LogP) is 3.03. The first kappa shape index (κ1) is 20.2. The number of para-hydroxylation sites is 1. The van der Waals surface area contributed by atoms with Gasteiger partial charge in [0, 0.05) is 23.6 Å². The topological polar surface area (TPSA) is 47.7 Å². The molecule has 1 fully saturated rings. The summed E-state index contributed by atoms with van der Waals surface area (Å²) in [6.45, 7) is 5.74. The molecule has 6 heteroatoms. The average molecular weight is 423 g/mol. The lowest BCUT2D eigenvalue weighted by Gasteiger charge is -2.50. The number of benzene rings is 2. The number of piperidine rings is 1. The number of ether oxygens (including phenoxy) is 3. The number of hydrogen-bond acceptors (Lipinski definition) is 5. The first-order valence-corrected chi connectivity index (χ1v) is 11.4. The van der Waals surface area contributed by atoms with Gasteiger partial charge in [0.25, 0.3) is 0 Å². The van der Waals surface area contributed by atoms with E-state index in [1.807, 2.05) is 12.1 Å². The van der Waals surface area contributed by atoms with Crippen LogP contribution in [0.25, 0.3) is 0 Å². The van der Waals surface area contributed by atoms with Crippen molar-refractivity contribution in [3.8, 4) is 17.2 Å². The molecule has 3 aliphatic heterocycles. The zero-order valence-electron chi connectivity index (χ0n) is 18.7. The molecular weight excluding hydrogens is 390 g/mol. The molecule has 3 aliphatic rings. The summed E-state index contributed by atoms with van der Waals surface area (Å²) in [6, 6.07) is 14.6. The Morgan fingerprint density at radius 1 is 1.13 bits per heavy atom. The van der Waals surface area contributed by atoms with Crippen LogP contribution >= 0.6 is 0 Å². The van der Waals surface area contributed by atoms with Crippen LogP contribution < -0.4 is 19.1 Å². The molecule has 0 aromatic heterocycles. The summed E-state index contributed by atoms with van der Waals surface area (Å²) in [5.41, 5.74) is 2.94. The average Bonchev–Trinajstić information content (AvgIpc) is 3.27. The largest absolute Gasteiger partial charge is 0.497 e. The minimum atomic E-state index is -0.363. The van der Waals surface area contributed by atoms with Crippen molar-refractivity contribution in [1.29, 1.82) is 0 Å². The number of nitrogens with one attached hydrogen (secondary N) is 1. The molecular formula is C25H32N3O3+. The molecule has 0 bridgehead atoms. The summed E-state index contributed by atoms with van der Waals surface area (Å²) in [7, 11) is 3.37. The number of nitrogens with zero attached hydrogens (tertiary/aromatic N) is 2. The molecule has 0 saturated carbocycles. The quantitative estimate of drug-likeness (QED) is 0.805. The van der Waals surface area contributed by atoms with E-state index in [9.17, 15) is 0 Å². The number of hydrazone groups is 1. The fourth-order valence-electron chi connectivity index (χ4n) is 5.36. The van der Waals surface area contributed by atoms with Crippen LogP contribution in [-0.4, -0.2) is 50.3 Å². The predicted molar refractivity (Wildman–Crippen MR) is 120 cm³/mol. The van der Waals surface area contributed by atoms with Gasteiger partial charge < -0.3 is 19.1 Å². The molecule has 5 rings (SSSR count). The second-order valence-corrected chi connectivity index (χ2v) is 8.76. The minimum Gasteiger partial charge on any atom is -0.497 e. The smallest absolute Gasteiger partial charge is 0.208 e. The Morgan fingerprint density at radius 3 is 2.68 bits per heavy atom. The monoisotopic (exact) mass is 422 g/mol. The highest BCUT2D eigenvalue weighted by Crippen LogP contribution is 2.49. The van der Waals surface area contributed by atoms with E-state index in [0.29, 0.717) is 0 Å². The number of quaternary nitrogens is 1. The van der Waals surface area contributed by atoms with Crippen LogP contribution in [0.3, 0.4) is 0 Å². The summed E-state index contributed by atoms with van der Waals surface area (Å²) in [5.74, 6) is 2.59. The molecule has 1 atom stereocenters. The second kappa shape index (κ2) is 8.08. The van der Waals surface area contributed by atoms with Crippen LogP contribution in [0.1, 0.15) is 49.8 Å².